The zero-order valence-corrected chi connectivity index (χ0v) is 15.0. The number of rotatable bonds is 6. The first-order valence-electron chi connectivity index (χ1n) is 6.79. The minimum absolute atomic E-state index is 0. The number of amides is 1. The Hall–Kier alpha value is -0.850. The Morgan fingerprint density at radius 2 is 2.04 bits per heavy atom. The quantitative estimate of drug-likeness (QED) is 0.718. The van der Waals surface area contributed by atoms with Crippen LogP contribution in [0.1, 0.15) is 9.67 Å². The van der Waals surface area contributed by atoms with Crippen molar-refractivity contribution in [3.05, 3.63) is 16.3 Å². The first-order valence-corrected chi connectivity index (χ1v) is 9.11. The number of nitrogens with one attached hydrogen (secondary N) is 1. The smallest absolute Gasteiger partial charge is 0.277 e. The first-order chi connectivity index (χ1) is 10.8. The molecule has 7 nitrogen and oxygen atoms in total. The first kappa shape index (κ1) is 21.2. The second kappa shape index (κ2) is 8.50. The third-order valence-corrected chi connectivity index (χ3v) is 6.21. The largest absolute Gasteiger partial charge is 0.379 e. The summed E-state index contributed by atoms with van der Waals surface area (Å²) < 4.78 is 57.6. The van der Waals surface area contributed by atoms with Crippen LogP contribution in [-0.4, -0.2) is 63.9 Å². The van der Waals surface area contributed by atoms with Gasteiger partial charge in [-0.2, -0.15) is 4.31 Å². The monoisotopic (exact) mass is 405 g/mol. The zero-order chi connectivity index (χ0) is 17.1. The number of hydrogen-bond donors (Lipinski definition) is 2. The molecule has 12 heteroatoms. The molecule has 1 aliphatic rings. The van der Waals surface area contributed by atoms with Gasteiger partial charge in [-0.1, -0.05) is 0 Å². The highest BCUT2D eigenvalue weighted by Gasteiger charge is 2.33. The minimum atomic E-state index is -3.86. The summed E-state index contributed by atoms with van der Waals surface area (Å²) in [6.07, 6.45) is 0. The van der Waals surface area contributed by atoms with Gasteiger partial charge >= 0.3 is 0 Å². The van der Waals surface area contributed by atoms with Gasteiger partial charge in [0, 0.05) is 13.1 Å². The van der Waals surface area contributed by atoms with Gasteiger partial charge in [-0.05, 0) is 11.4 Å². The van der Waals surface area contributed by atoms with Crippen LogP contribution in [0, 0.1) is 0 Å². The molecular formula is C12H18ClF2N3O4S2. The number of carbonyl (C=O) groups excluding carboxylic acids is 1. The second-order valence-electron chi connectivity index (χ2n) is 4.87. The molecule has 1 aromatic heterocycles. The van der Waals surface area contributed by atoms with Crippen LogP contribution < -0.4 is 11.1 Å². The molecule has 0 aliphatic carbocycles. The van der Waals surface area contributed by atoms with Gasteiger partial charge in [0.1, 0.15) is 9.77 Å². The maximum atomic E-state index is 13.1. The van der Waals surface area contributed by atoms with E-state index in [1.54, 1.807) is 0 Å². The SMILES string of the molecule is Cl.NCC(F)(F)CNC(=O)c1sccc1S(=O)(=O)N1CCOCC1. The molecule has 1 aromatic rings. The fraction of sp³-hybridized carbons (Fsp3) is 0.583. The summed E-state index contributed by atoms with van der Waals surface area (Å²) in [5.41, 5.74) is 4.89. The lowest BCUT2D eigenvalue weighted by atomic mass is 10.3. The Morgan fingerprint density at radius 3 is 2.62 bits per heavy atom. The van der Waals surface area contributed by atoms with Crippen molar-refractivity contribution in [1.82, 2.24) is 9.62 Å². The molecule has 138 valence electrons. The van der Waals surface area contributed by atoms with Crippen LogP contribution in [0.15, 0.2) is 16.3 Å². The number of ether oxygens (including phenoxy) is 1. The molecule has 0 unspecified atom stereocenters. The number of thiophene rings is 1. The Bertz CT molecular complexity index is 663. The highest BCUT2D eigenvalue weighted by atomic mass is 35.5. The summed E-state index contributed by atoms with van der Waals surface area (Å²) in [6.45, 7) is -0.940. The van der Waals surface area contributed by atoms with Crippen molar-refractivity contribution in [2.75, 3.05) is 39.4 Å². The number of sulfonamides is 1. The maximum absolute atomic E-state index is 13.1. The van der Waals surface area contributed by atoms with Gasteiger partial charge < -0.3 is 15.8 Å². The molecule has 2 heterocycles. The molecule has 1 fully saturated rings. The third kappa shape index (κ3) is 4.83. The number of alkyl halides is 2. The Morgan fingerprint density at radius 1 is 1.42 bits per heavy atom. The van der Waals surface area contributed by atoms with Gasteiger partial charge in [0.05, 0.1) is 26.3 Å². The number of halogens is 3. The molecule has 1 aliphatic heterocycles. The minimum Gasteiger partial charge on any atom is -0.379 e. The summed E-state index contributed by atoms with van der Waals surface area (Å²) in [7, 11) is -3.86. The van der Waals surface area contributed by atoms with E-state index in [0.29, 0.717) is 0 Å². The lowest BCUT2D eigenvalue weighted by molar-refractivity contribution is 0.0119. The van der Waals surface area contributed by atoms with Crippen LogP contribution in [0.3, 0.4) is 0 Å². The normalized spacial score (nSPS) is 16.5. The molecule has 0 atom stereocenters. The molecule has 2 rings (SSSR count). The number of morpholine rings is 1. The van der Waals surface area contributed by atoms with Gasteiger partial charge in [-0.3, -0.25) is 4.79 Å². The fourth-order valence-corrected chi connectivity index (χ4v) is 4.68. The van der Waals surface area contributed by atoms with Crippen LogP contribution in [-0.2, 0) is 14.8 Å². The molecule has 1 saturated heterocycles. The average molecular weight is 406 g/mol. The van der Waals surface area contributed by atoms with E-state index in [4.69, 9.17) is 10.5 Å². The van der Waals surface area contributed by atoms with Crippen molar-refractivity contribution >= 4 is 39.7 Å². The van der Waals surface area contributed by atoms with E-state index in [9.17, 15) is 22.0 Å². The van der Waals surface area contributed by atoms with E-state index in [-0.39, 0.29) is 48.5 Å². The van der Waals surface area contributed by atoms with Gasteiger partial charge in [0.15, 0.2) is 0 Å². The van der Waals surface area contributed by atoms with Crippen molar-refractivity contribution in [2.24, 2.45) is 5.73 Å². The standard InChI is InChI=1S/C12H17F2N3O4S2.ClH/c13-12(14,7-15)8-16-11(18)10-9(1-6-22-10)23(19,20)17-2-4-21-5-3-17;/h1,6H,2-5,7-8,15H2,(H,16,18);1H. The van der Waals surface area contributed by atoms with Crippen LogP contribution in [0.2, 0.25) is 0 Å². The highest BCUT2D eigenvalue weighted by molar-refractivity contribution is 7.89. The Balaban J connectivity index is 0.00000288. The maximum Gasteiger partial charge on any atom is 0.277 e. The van der Waals surface area contributed by atoms with Crippen LogP contribution in [0.5, 0.6) is 0 Å². The Kier molecular flexibility index (Phi) is 7.50. The highest BCUT2D eigenvalue weighted by Crippen LogP contribution is 2.26. The second-order valence-corrected chi connectivity index (χ2v) is 7.70. The van der Waals surface area contributed by atoms with Crippen molar-refractivity contribution < 1.29 is 26.7 Å². The van der Waals surface area contributed by atoms with Crippen molar-refractivity contribution in [1.29, 1.82) is 0 Å². The summed E-state index contributed by atoms with van der Waals surface area (Å²) in [5, 5.41) is 3.46. The number of hydrogen-bond acceptors (Lipinski definition) is 6. The van der Waals surface area contributed by atoms with Crippen molar-refractivity contribution in [3.63, 3.8) is 0 Å². The number of carbonyl (C=O) groups is 1. The summed E-state index contributed by atoms with van der Waals surface area (Å²) >= 11 is 0.881. The predicted octanol–water partition coefficient (Wildman–Crippen LogP) is 0.515. The summed E-state index contributed by atoms with van der Waals surface area (Å²) in [5.74, 6) is -4.10. The third-order valence-electron chi connectivity index (χ3n) is 3.23. The van der Waals surface area contributed by atoms with E-state index in [2.05, 4.69) is 0 Å². The van der Waals surface area contributed by atoms with E-state index in [1.165, 1.54) is 15.8 Å². The molecule has 0 bridgehead atoms. The summed E-state index contributed by atoms with van der Waals surface area (Å²) in [6, 6.07) is 1.30. The van der Waals surface area contributed by atoms with E-state index >= 15 is 0 Å². The summed E-state index contributed by atoms with van der Waals surface area (Å²) in [4.78, 5) is 11.7. The molecule has 0 radical (unpaired) electrons. The van der Waals surface area contributed by atoms with Crippen molar-refractivity contribution in [2.45, 2.75) is 10.8 Å². The van der Waals surface area contributed by atoms with Crippen molar-refractivity contribution in [3.8, 4) is 0 Å². The van der Waals surface area contributed by atoms with Gasteiger partial charge in [-0.25, -0.2) is 17.2 Å². The Labute approximate surface area is 148 Å². The molecule has 0 aromatic carbocycles. The van der Waals surface area contributed by atoms with Gasteiger partial charge in [-0.15, -0.1) is 23.7 Å². The number of nitrogens with two attached hydrogens (primary N) is 1. The molecule has 1 amide bonds. The van der Waals surface area contributed by atoms with Crippen LogP contribution in [0.25, 0.3) is 0 Å². The molecular weight excluding hydrogens is 388 g/mol. The van der Waals surface area contributed by atoms with Gasteiger partial charge in [0.25, 0.3) is 11.8 Å². The van der Waals surface area contributed by atoms with Crippen LogP contribution >= 0.6 is 23.7 Å². The van der Waals surface area contributed by atoms with Crippen LogP contribution in [0.4, 0.5) is 8.78 Å². The molecule has 3 N–H and O–H groups in total. The molecule has 24 heavy (non-hydrogen) atoms. The average Bonchev–Trinajstić information content (AvgIpc) is 3.04. The lowest BCUT2D eigenvalue weighted by Gasteiger charge is -2.26. The van der Waals surface area contributed by atoms with E-state index < -0.39 is 34.9 Å². The zero-order valence-electron chi connectivity index (χ0n) is 12.5. The predicted molar refractivity (Wildman–Crippen MR) is 87.5 cm³/mol. The number of nitrogens with zero attached hydrogens (tertiary/aromatic N) is 1. The molecule has 0 saturated carbocycles. The lowest BCUT2D eigenvalue weighted by Crippen LogP contribution is -2.43. The fourth-order valence-electron chi connectivity index (χ4n) is 1.95. The van der Waals surface area contributed by atoms with Gasteiger partial charge in [0.2, 0.25) is 10.0 Å². The topological polar surface area (TPSA) is 102 Å². The molecule has 0 spiro atoms. The van der Waals surface area contributed by atoms with E-state index in [0.717, 1.165) is 11.3 Å². The van der Waals surface area contributed by atoms with E-state index in [1.807, 2.05) is 5.32 Å².